The van der Waals surface area contributed by atoms with Crippen LogP contribution in [0.2, 0.25) is 0 Å². The molecule has 2 amide bonds. The van der Waals surface area contributed by atoms with Gasteiger partial charge in [-0.15, -0.1) is 0 Å². The lowest BCUT2D eigenvalue weighted by molar-refractivity contribution is -0.139. The molecule has 1 aliphatic heterocycles. The molecule has 2 atom stereocenters. The average Bonchev–Trinajstić information content (AvgIpc) is 3.61. The Morgan fingerprint density at radius 2 is 1.94 bits per heavy atom. The number of nitrogens with two attached hydrogens (primary N) is 1. The Labute approximate surface area is 202 Å². The standard InChI is InChI=1S/C27H36N4O3/c1-19-6-3-4-8-22(19)17-30(16-20-7-5-9-24(14-20)34-2)23-15-25(26(32)29-13-12-28)31(18-23)27(33)21-10-11-21/h3-9,14,21,23,25H,10-13,15-18,28H2,1-2H3,(H,29,32). The number of benzene rings is 2. The summed E-state index contributed by atoms with van der Waals surface area (Å²) in [5, 5.41) is 2.91. The first kappa shape index (κ1) is 24.2. The second kappa shape index (κ2) is 11.0. The molecule has 1 heterocycles. The van der Waals surface area contributed by atoms with Crippen LogP contribution >= 0.6 is 0 Å². The number of hydrogen-bond donors (Lipinski definition) is 2. The normalized spacial score (nSPS) is 19.9. The summed E-state index contributed by atoms with van der Waals surface area (Å²) in [6.45, 7) is 4.94. The molecule has 34 heavy (non-hydrogen) atoms. The summed E-state index contributed by atoms with van der Waals surface area (Å²) in [7, 11) is 1.67. The zero-order valence-electron chi connectivity index (χ0n) is 20.2. The molecule has 0 radical (unpaired) electrons. The third kappa shape index (κ3) is 5.77. The molecule has 0 spiro atoms. The number of hydrogen-bond acceptors (Lipinski definition) is 5. The number of likely N-dealkylation sites (tertiary alicyclic amines) is 1. The number of ether oxygens (including phenoxy) is 1. The van der Waals surface area contributed by atoms with E-state index in [9.17, 15) is 9.59 Å². The molecule has 2 aliphatic rings. The first-order valence-electron chi connectivity index (χ1n) is 12.2. The molecule has 7 heteroatoms. The minimum atomic E-state index is -0.450. The quantitative estimate of drug-likeness (QED) is 0.564. The molecule has 3 N–H and O–H groups in total. The van der Waals surface area contributed by atoms with Crippen molar-refractivity contribution in [1.82, 2.24) is 15.1 Å². The van der Waals surface area contributed by atoms with Crippen molar-refractivity contribution in [2.24, 2.45) is 11.7 Å². The van der Waals surface area contributed by atoms with Crippen LogP contribution in [0.1, 0.15) is 36.0 Å². The minimum Gasteiger partial charge on any atom is -0.497 e. The van der Waals surface area contributed by atoms with Crippen LogP contribution in [0.5, 0.6) is 5.75 Å². The van der Waals surface area contributed by atoms with Gasteiger partial charge >= 0.3 is 0 Å². The molecule has 4 rings (SSSR count). The highest BCUT2D eigenvalue weighted by molar-refractivity contribution is 5.90. The summed E-state index contributed by atoms with van der Waals surface area (Å²) in [5.74, 6) is 0.919. The van der Waals surface area contributed by atoms with Crippen LogP contribution in [0.25, 0.3) is 0 Å². The maximum atomic E-state index is 13.1. The smallest absolute Gasteiger partial charge is 0.242 e. The van der Waals surface area contributed by atoms with E-state index in [0.717, 1.165) is 30.7 Å². The fraction of sp³-hybridized carbons (Fsp3) is 0.481. The van der Waals surface area contributed by atoms with Gasteiger partial charge in [0.1, 0.15) is 11.8 Å². The summed E-state index contributed by atoms with van der Waals surface area (Å²) in [6, 6.07) is 16.1. The van der Waals surface area contributed by atoms with Crippen molar-refractivity contribution in [3.63, 3.8) is 0 Å². The number of amides is 2. The van der Waals surface area contributed by atoms with Crippen LogP contribution in [0.4, 0.5) is 0 Å². The van der Waals surface area contributed by atoms with Gasteiger partial charge in [-0.3, -0.25) is 14.5 Å². The van der Waals surface area contributed by atoms with E-state index >= 15 is 0 Å². The number of nitrogens with one attached hydrogen (secondary N) is 1. The van der Waals surface area contributed by atoms with Crippen molar-refractivity contribution in [2.75, 3.05) is 26.7 Å². The Kier molecular flexibility index (Phi) is 7.85. The third-order valence-corrected chi connectivity index (χ3v) is 6.91. The van der Waals surface area contributed by atoms with Crippen molar-refractivity contribution < 1.29 is 14.3 Å². The van der Waals surface area contributed by atoms with E-state index in [1.807, 2.05) is 17.0 Å². The largest absolute Gasteiger partial charge is 0.497 e. The van der Waals surface area contributed by atoms with E-state index in [-0.39, 0.29) is 23.8 Å². The first-order chi connectivity index (χ1) is 16.5. The monoisotopic (exact) mass is 464 g/mol. The summed E-state index contributed by atoms with van der Waals surface area (Å²) in [4.78, 5) is 30.3. The van der Waals surface area contributed by atoms with Gasteiger partial charge in [-0.25, -0.2) is 0 Å². The van der Waals surface area contributed by atoms with E-state index in [1.54, 1.807) is 7.11 Å². The van der Waals surface area contributed by atoms with E-state index in [2.05, 4.69) is 53.5 Å². The number of nitrogens with zero attached hydrogens (tertiary/aromatic N) is 2. The Balaban J connectivity index is 1.60. The molecule has 182 valence electrons. The highest BCUT2D eigenvalue weighted by Crippen LogP contribution is 2.35. The zero-order valence-corrected chi connectivity index (χ0v) is 20.2. The van der Waals surface area contributed by atoms with Crippen molar-refractivity contribution in [1.29, 1.82) is 0 Å². The highest BCUT2D eigenvalue weighted by atomic mass is 16.5. The third-order valence-electron chi connectivity index (χ3n) is 6.91. The topological polar surface area (TPSA) is 87.9 Å². The molecule has 2 fully saturated rings. The molecule has 1 saturated heterocycles. The Hall–Kier alpha value is -2.90. The fourth-order valence-corrected chi connectivity index (χ4v) is 4.77. The average molecular weight is 465 g/mol. The van der Waals surface area contributed by atoms with Crippen molar-refractivity contribution in [2.45, 2.75) is 51.4 Å². The number of aryl methyl sites for hydroxylation is 1. The zero-order chi connectivity index (χ0) is 24.1. The number of carbonyl (C=O) groups is 2. The van der Waals surface area contributed by atoms with Gasteiger partial charge in [0.25, 0.3) is 0 Å². The second-order valence-electron chi connectivity index (χ2n) is 9.43. The van der Waals surface area contributed by atoms with E-state index in [0.29, 0.717) is 32.6 Å². The SMILES string of the molecule is COc1cccc(CN(Cc2ccccc2C)C2CC(C(=O)NCCN)N(C(=O)C3CC3)C2)c1. The van der Waals surface area contributed by atoms with E-state index in [1.165, 1.54) is 11.1 Å². The van der Waals surface area contributed by atoms with Gasteiger partial charge < -0.3 is 20.7 Å². The lowest BCUT2D eigenvalue weighted by Gasteiger charge is -2.30. The van der Waals surface area contributed by atoms with Gasteiger partial charge in [-0.05, 0) is 55.0 Å². The second-order valence-corrected chi connectivity index (χ2v) is 9.43. The summed E-state index contributed by atoms with van der Waals surface area (Å²) >= 11 is 0. The van der Waals surface area contributed by atoms with Gasteiger partial charge in [-0.1, -0.05) is 36.4 Å². The van der Waals surface area contributed by atoms with Crippen molar-refractivity contribution >= 4 is 11.8 Å². The van der Waals surface area contributed by atoms with Gasteiger partial charge in [0.15, 0.2) is 0 Å². The molecular formula is C27H36N4O3. The molecule has 1 saturated carbocycles. The predicted octanol–water partition coefficient (Wildman–Crippen LogP) is 2.46. The molecule has 7 nitrogen and oxygen atoms in total. The summed E-state index contributed by atoms with van der Waals surface area (Å²) in [5.41, 5.74) is 9.23. The van der Waals surface area contributed by atoms with Crippen molar-refractivity contribution in [3.8, 4) is 5.75 Å². The molecular weight excluding hydrogens is 428 g/mol. The lowest BCUT2D eigenvalue weighted by Crippen LogP contribution is -2.47. The molecule has 1 aliphatic carbocycles. The van der Waals surface area contributed by atoms with Gasteiger partial charge in [-0.2, -0.15) is 0 Å². The number of carbonyl (C=O) groups excluding carboxylic acids is 2. The minimum absolute atomic E-state index is 0.0714. The van der Waals surface area contributed by atoms with Gasteiger partial charge in [0.2, 0.25) is 11.8 Å². The van der Waals surface area contributed by atoms with Crippen LogP contribution in [0.3, 0.4) is 0 Å². The van der Waals surface area contributed by atoms with Crippen LogP contribution in [0, 0.1) is 12.8 Å². The predicted molar refractivity (Wildman–Crippen MR) is 132 cm³/mol. The van der Waals surface area contributed by atoms with Crippen LogP contribution < -0.4 is 15.8 Å². The Morgan fingerprint density at radius 1 is 1.15 bits per heavy atom. The van der Waals surface area contributed by atoms with Gasteiger partial charge in [0, 0.05) is 44.7 Å². The van der Waals surface area contributed by atoms with Crippen molar-refractivity contribution in [3.05, 3.63) is 65.2 Å². The molecule has 0 aromatic heterocycles. The van der Waals surface area contributed by atoms with E-state index in [4.69, 9.17) is 10.5 Å². The number of methoxy groups -OCH3 is 1. The molecule has 2 aromatic rings. The summed E-state index contributed by atoms with van der Waals surface area (Å²) in [6.07, 6.45) is 2.46. The first-order valence-corrected chi connectivity index (χ1v) is 12.2. The molecule has 0 bridgehead atoms. The maximum absolute atomic E-state index is 13.1. The molecule has 2 unspecified atom stereocenters. The van der Waals surface area contributed by atoms with Crippen LogP contribution in [0.15, 0.2) is 48.5 Å². The Bertz CT molecular complexity index is 1010. The number of rotatable bonds is 10. The van der Waals surface area contributed by atoms with Crippen LogP contribution in [-0.2, 0) is 22.7 Å². The highest BCUT2D eigenvalue weighted by Gasteiger charge is 2.45. The van der Waals surface area contributed by atoms with Gasteiger partial charge in [0.05, 0.1) is 7.11 Å². The lowest BCUT2D eigenvalue weighted by atomic mass is 10.0. The molecule has 2 aromatic carbocycles. The summed E-state index contributed by atoms with van der Waals surface area (Å²) < 4.78 is 5.43. The van der Waals surface area contributed by atoms with Crippen LogP contribution in [-0.4, -0.2) is 60.4 Å². The van der Waals surface area contributed by atoms with E-state index < -0.39 is 6.04 Å². The maximum Gasteiger partial charge on any atom is 0.242 e. The Morgan fingerprint density at radius 3 is 2.65 bits per heavy atom. The fourth-order valence-electron chi connectivity index (χ4n) is 4.77.